The highest BCUT2D eigenvalue weighted by atomic mass is 16.2. The number of hydrogen-bond acceptors (Lipinski definition) is 3. The van der Waals surface area contributed by atoms with Crippen LogP contribution in [-0.4, -0.2) is 57.3 Å². The molecule has 27 heavy (non-hydrogen) atoms. The zero-order chi connectivity index (χ0) is 18.9. The van der Waals surface area contributed by atoms with E-state index >= 15 is 0 Å². The van der Waals surface area contributed by atoms with Gasteiger partial charge in [0.1, 0.15) is 12.4 Å². The van der Waals surface area contributed by atoms with E-state index in [1.165, 1.54) is 5.56 Å². The van der Waals surface area contributed by atoms with E-state index in [9.17, 15) is 9.59 Å². The Morgan fingerprint density at radius 1 is 1.19 bits per heavy atom. The van der Waals surface area contributed by atoms with Gasteiger partial charge in [-0.3, -0.25) is 9.59 Å². The Hall–Kier alpha value is -2.63. The van der Waals surface area contributed by atoms with Crippen molar-refractivity contribution in [2.45, 2.75) is 32.7 Å². The Morgan fingerprint density at radius 3 is 2.70 bits per heavy atom. The number of carbonyl (C=O) groups is 2. The molecule has 1 unspecified atom stereocenters. The summed E-state index contributed by atoms with van der Waals surface area (Å²) in [5.41, 5.74) is 0.890. The Labute approximate surface area is 159 Å². The molecule has 0 bridgehead atoms. The molecule has 2 saturated heterocycles. The van der Waals surface area contributed by atoms with E-state index in [-0.39, 0.29) is 17.2 Å². The van der Waals surface area contributed by atoms with Crippen molar-refractivity contribution in [2.24, 2.45) is 5.41 Å². The van der Waals surface area contributed by atoms with Gasteiger partial charge in [0.2, 0.25) is 11.8 Å². The number of rotatable bonds is 5. The van der Waals surface area contributed by atoms with E-state index < -0.39 is 0 Å². The van der Waals surface area contributed by atoms with Crippen LogP contribution in [0.1, 0.15) is 24.2 Å². The Morgan fingerprint density at radius 2 is 1.96 bits per heavy atom. The van der Waals surface area contributed by atoms with Gasteiger partial charge in [-0.15, -0.1) is 0 Å². The fraction of sp³-hybridized carbons (Fsp3) is 0.476. The minimum Gasteiger partial charge on any atom is -0.342 e. The number of carbonyl (C=O) groups excluding carboxylic acids is 2. The maximum Gasteiger partial charge on any atom is 0.242 e. The monoisotopic (exact) mass is 366 g/mol. The van der Waals surface area contributed by atoms with Crippen molar-refractivity contribution in [3.8, 4) is 0 Å². The van der Waals surface area contributed by atoms with Crippen LogP contribution in [-0.2, 0) is 22.6 Å². The molecule has 2 fully saturated rings. The van der Waals surface area contributed by atoms with Crippen LogP contribution >= 0.6 is 0 Å². The van der Waals surface area contributed by atoms with Gasteiger partial charge < -0.3 is 14.4 Å². The fourth-order valence-electron chi connectivity index (χ4n) is 4.30. The summed E-state index contributed by atoms with van der Waals surface area (Å²) < 4.78 is 1.86. The zero-order valence-electron chi connectivity index (χ0n) is 15.8. The van der Waals surface area contributed by atoms with Crippen LogP contribution in [0.4, 0.5) is 0 Å². The van der Waals surface area contributed by atoms with Crippen LogP contribution < -0.4 is 0 Å². The number of nitrogens with zero attached hydrogens (tertiary/aromatic N) is 4. The van der Waals surface area contributed by atoms with E-state index in [0.717, 1.165) is 38.2 Å². The largest absolute Gasteiger partial charge is 0.342 e. The van der Waals surface area contributed by atoms with Crippen LogP contribution in [0.3, 0.4) is 0 Å². The molecule has 4 rings (SSSR count). The van der Waals surface area contributed by atoms with Crippen molar-refractivity contribution < 1.29 is 9.59 Å². The van der Waals surface area contributed by atoms with Crippen molar-refractivity contribution >= 4 is 11.8 Å². The molecule has 142 valence electrons. The molecular weight excluding hydrogens is 340 g/mol. The van der Waals surface area contributed by atoms with Gasteiger partial charge in [-0.1, -0.05) is 30.3 Å². The molecule has 1 atom stereocenters. The maximum atomic E-state index is 13.1. The first kappa shape index (κ1) is 17.8. The Bertz CT molecular complexity index is 832. The van der Waals surface area contributed by atoms with Gasteiger partial charge in [0.25, 0.3) is 0 Å². The van der Waals surface area contributed by atoms with Gasteiger partial charge in [0.05, 0.1) is 5.41 Å². The van der Waals surface area contributed by atoms with Crippen LogP contribution in [0, 0.1) is 12.3 Å². The Balaban J connectivity index is 1.35. The van der Waals surface area contributed by atoms with Crippen molar-refractivity contribution in [3.05, 3.63) is 54.1 Å². The SMILES string of the molecule is Cc1nccn1CC(=O)N1CCC2(CCN(CCc3ccccc3)C2=O)C1. The molecule has 2 aliphatic rings. The van der Waals surface area contributed by atoms with Crippen LogP contribution in [0.15, 0.2) is 42.7 Å². The third kappa shape index (κ3) is 3.48. The third-order valence-corrected chi connectivity index (χ3v) is 6.05. The summed E-state index contributed by atoms with van der Waals surface area (Å²) in [6.45, 7) is 4.98. The highest BCUT2D eigenvalue weighted by Crippen LogP contribution is 2.40. The summed E-state index contributed by atoms with van der Waals surface area (Å²) in [6, 6.07) is 10.3. The molecule has 6 heteroatoms. The van der Waals surface area contributed by atoms with Gasteiger partial charge in [0.15, 0.2) is 0 Å². The molecule has 1 aromatic heterocycles. The van der Waals surface area contributed by atoms with Gasteiger partial charge in [-0.2, -0.15) is 0 Å². The summed E-state index contributed by atoms with van der Waals surface area (Å²) in [6.07, 6.45) is 6.05. The average Bonchev–Trinajstić information content (AvgIpc) is 3.37. The molecule has 2 amide bonds. The molecule has 2 aromatic rings. The first-order valence-corrected chi connectivity index (χ1v) is 9.66. The number of imidazole rings is 1. The average molecular weight is 366 g/mol. The second-order valence-electron chi connectivity index (χ2n) is 7.73. The van der Waals surface area contributed by atoms with Gasteiger partial charge in [0, 0.05) is 38.6 Å². The van der Waals surface area contributed by atoms with Crippen molar-refractivity contribution in [1.82, 2.24) is 19.4 Å². The highest BCUT2D eigenvalue weighted by molar-refractivity contribution is 5.87. The minimum atomic E-state index is -0.365. The van der Waals surface area contributed by atoms with Crippen molar-refractivity contribution in [1.29, 1.82) is 0 Å². The molecule has 1 aromatic carbocycles. The lowest BCUT2D eigenvalue weighted by Crippen LogP contribution is -2.39. The molecule has 1 spiro atoms. The Kier molecular flexibility index (Phi) is 4.72. The summed E-state index contributed by atoms with van der Waals surface area (Å²) >= 11 is 0. The quantitative estimate of drug-likeness (QED) is 0.812. The van der Waals surface area contributed by atoms with Crippen molar-refractivity contribution in [3.63, 3.8) is 0 Å². The normalized spacial score (nSPS) is 22.2. The van der Waals surface area contributed by atoms with Gasteiger partial charge in [-0.05, 0) is 31.7 Å². The van der Waals surface area contributed by atoms with E-state index in [4.69, 9.17) is 0 Å². The van der Waals surface area contributed by atoms with Gasteiger partial charge >= 0.3 is 0 Å². The van der Waals surface area contributed by atoms with Crippen molar-refractivity contribution in [2.75, 3.05) is 26.2 Å². The smallest absolute Gasteiger partial charge is 0.242 e. The lowest BCUT2D eigenvalue weighted by Gasteiger charge is -2.24. The first-order valence-electron chi connectivity index (χ1n) is 9.66. The predicted octanol–water partition coefficient (Wildman–Crippen LogP) is 1.89. The molecule has 3 heterocycles. The number of aryl methyl sites for hydroxylation is 1. The molecule has 0 N–H and O–H groups in total. The number of amides is 2. The predicted molar refractivity (Wildman–Crippen MR) is 102 cm³/mol. The maximum absolute atomic E-state index is 13.1. The number of hydrogen-bond donors (Lipinski definition) is 0. The van der Waals surface area contributed by atoms with Crippen LogP contribution in [0.2, 0.25) is 0 Å². The summed E-state index contributed by atoms with van der Waals surface area (Å²) in [5.74, 6) is 1.14. The molecule has 2 aliphatic heterocycles. The number of benzene rings is 1. The number of likely N-dealkylation sites (tertiary alicyclic amines) is 2. The molecule has 0 radical (unpaired) electrons. The fourth-order valence-corrected chi connectivity index (χ4v) is 4.30. The first-order chi connectivity index (χ1) is 13.1. The van der Waals surface area contributed by atoms with Gasteiger partial charge in [-0.25, -0.2) is 4.98 Å². The molecule has 6 nitrogen and oxygen atoms in total. The third-order valence-electron chi connectivity index (χ3n) is 6.05. The second kappa shape index (κ2) is 7.18. The topological polar surface area (TPSA) is 58.4 Å². The lowest BCUT2D eigenvalue weighted by molar-refractivity contribution is -0.136. The summed E-state index contributed by atoms with van der Waals surface area (Å²) in [5, 5.41) is 0. The molecular formula is C21H26N4O2. The van der Waals surface area contributed by atoms with Crippen LogP contribution in [0.25, 0.3) is 0 Å². The second-order valence-corrected chi connectivity index (χ2v) is 7.73. The lowest BCUT2D eigenvalue weighted by atomic mass is 9.85. The van der Waals surface area contributed by atoms with E-state index in [2.05, 4.69) is 17.1 Å². The van der Waals surface area contributed by atoms with E-state index in [0.29, 0.717) is 19.6 Å². The minimum absolute atomic E-state index is 0.0727. The summed E-state index contributed by atoms with van der Waals surface area (Å²) in [4.78, 5) is 33.7. The standard InChI is InChI=1S/C21H26N4O2/c1-17-22-10-14-24(17)15-19(26)25-13-9-21(16-25)8-12-23(20(21)27)11-7-18-5-3-2-4-6-18/h2-6,10,14H,7-9,11-13,15-16H2,1H3. The number of aromatic nitrogens is 2. The molecule has 0 aliphatic carbocycles. The van der Waals surface area contributed by atoms with E-state index in [1.807, 2.05) is 45.7 Å². The van der Waals surface area contributed by atoms with E-state index in [1.54, 1.807) is 6.20 Å². The zero-order valence-corrected chi connectivity index (χ0v) is 15.8. The molecule has 0 saturated carbocycles. The van der Waals surface area contributed by atoms with Crippen LogP contribution in [0.5, 0.6) is 0 Å². The summed E-state index contributed by atoms with van der Waals surface area (Å²) in [7, 11) is 0. The highest BCUT2D eigenvalue weighted by Gasteiger charge is 2.51.